The summed E-state index contributed by atoms with van der Waals surface area (Å²) in [5.74, 6) is -0.114. The fourth-order valence-electron chi connectivity index (χ4n) is 3.83. The van der Waals surface area contributed by atoms with Crippen LogP contribution in [0.4, 0.5) is 19.0 Å². The monoisotopic (exact) mass is 462 g/mol. The number of nitrogens with one attached hydrogen (secondary N) is 1. The van der Waals surface area contributed by atoms with Crippen molar-refractivity contribution in [2.45, 2.75) is 39.4 Å². The largest absolute Gasteiger partial charge is 0.417 e. The van der Waals surface area contributed by atoms with Gasteiger partial charge in [0.05, 0.1) is 5.56 Å². The summed E-state index contributed by atoms with van der Waals surface area (Å²) in [6, 6.07) is 8.90. The van der Waals surface area contributed by atoms with Crippen LogP contribution in [0.25, 0.3) is 0 Å². The molecule has 0 radical (unpaired) electrons. The average Bonchev–Trinajstić information content (AvgIpc) is 3.02. The summed E-state index contributed by atoms with van der Waals surface area (Å²) >= 11 is 0. The van der Waals surface area contributed by atoms with E-state index in [0.29, 0.717) is 44.0 Å². The summed E-state index contributed by atoms with van der Waals surface area (Å²) in [4.78, 5) is 33.6. The number of anilines is 1. The molecule has 0 bridgehead atoms. The van der Waals surface area contributed by atoms with Gasteiger partial charge in [-0.15, -0.1) is 0 Å². The molecule has 9 heteroatoms. The maximum absolute atomic E-state index is 13.3. The van der Waals surface area contributed by atoms with Gasteiger partial charge in [0, 0.05) is 37.9 Å². The van der Waals surface area contributed by atoms with E-state index in [1.165, 1.54) is 6.07 Å². The van der Waals surface area contributed by atoms with Gasteiger partial charge in [0.25, 0.3) is 5.91 Å². The van der Waals surface area contributed by atoms with Gasteiger partial charge in [-0.2, -0.15) is 13.2 Å². The van der Waals surface area contributed by atoms with Gasteiger partial charge in [-0.1, -0.05) is 31.5 Å². The van der Waals surface area contributed by atoms with E-state index in [4.69, 9.17) is 0 Å². The third kappa shape index (κ3) is 6.24. The average molecular weight is 463 g/mol. The molecule has 1 aromatic carbocycles. The number of nitrogens with zero attached hydrogens (tertiary/aromatic N) is 3. The first-order chi connectivity index (χ1) is 15.6. The molecule has 33 heavy (non-hydrogen) atoms. The minimum atomic E-state index is -4.43. The normalized spacial score (nSPS) is 15.8. The smallest absolute Gasteiger partial charge is 0.355 e. The molecule has 2 amide bonds. The molecular formula is C24H29F3N4O2. The summed E-state index contributed by atoms with van der Waals surface area (Å²) in [6.45, 7) is 7.58. The summed E-state index contributed by atoms with van der Waals surface area (Å²) in [6.07, 6.45) is -2.95. The summed E-state index contributed by atoms with van der Waals surface area (Å²) in [5.41, 5.74) is 0.672. The van der Waals surface area contributed by atoms with E-state index in [-0.39, 0.29) is 17.7 Å². The van der Waals surface area contributed by atoms with Crippen LogP contribution < -0.4 is 10.2 Å². The van der Waals surface area contributed by atoms with E-state index in [1.807, 2.05) is 31.7 Å². The number of rotatable bonds is 5. The van der Waals surface area contributed by atoms with Crippen LogP contribution in [0.2, 0.25) is 0 Å². The highest BCUT2D eigenvalue weighted by atomic mass is 19.4. The van der Waals surface area contributed by atoms with Crippen molar-refractivity contribution in [1.82, 2.24) is 15.2 Å². The van der Waals surface area contributed by atoms with Gasteiger partial charge in [-0.25, -0.2) is 4.98 Å². The van der Waals surface area contributed by atoms with Gasteiger partial charge in [0.2, 0.25) is 5.91 Å². The van der Waals surface area contributed by atoms with Crippen LogP contribution in [0.1, 0.15) is 41.8 Å². The fraction of sp³-hybridized carbons (Fsp3) is 0.458. The molecule has 3 rings (SSSR count). The quantitative estimate of drug-likeness (QED) is 0.732. The lowest BCUT2D eigenvalue weighted by Crippen LogP contribution is -2.52. The van der Waals surface area contributed by atoms with Crippen LogP contribution in [0.3, 0.4) is 0 Å². The number of amides is 2. The summed E-state index contributed by atoms with van der Waals surface area (Å²) in [5, 5.41) is 2.88. The van der Waals surface area contributed by atoms with E-state index < -0.39 is 17.8 Å². The third-order valence-corrected chi connectivity index (χ3v) is 5.71. The number of aromatic nitrogens is 1. The Morgan fingerprint density at radius 2 is 1.82 bits per heavy atom. The fourth-order valence-corrected chi connectivity index (χ4v) is 3.83. The minimum absolute atomic E-state index is 0.109. The Kier molecular flexibility index (Phi) is 7.61. The summed E-state index contributed by atoms with van der Waals surface area (Å²) in [7, 11) is 0. The number of benzene rings is 1. The van der Waals surface area contributed by atoms with Crippen LogP contribution in [0.15, 0.2) is 42.6 Å². The highest BCUT2D eigenvalue weighted by Crippen LogP contribution is 2.29. The van der Waals surface area contributed by atoms with Crippen LogP contribution in [0, 0.1) is 12.8 Å². The van der Waals surface area contributed by atoms with Gasteiger partial charge in [0.1, 0.15) is 11.9 Å². The molecule has 0 saturated carbocycles. The maximum Gasteiger partial charge on any atom is 0.417 e. The molecule has 1 fully saturated rings. The number of aryl methyl sites for hydroxylation is 1. The highest BCUT2D eigenvalue weighted by Gasteiger charge is 2.32. The van der Waals surface area contributed by atoms with Crippen molar-refractivity contribution in [3.05, 3.63) is 59.3 Å². The van der Waals surface area contributed by atoms with Crippen molar-refractivity contribution in [1.29, 1.82) is 0 Å². The van der Waals surface area contributed by atoms with Crippen LogP contribution >= 0.6 is 0 Å². The molecule has 1 aliphatic rings. The van der Waals surface area contributed by atoms with E-state index >= 15 is 0 Å². The molecule has 178 valence electrons. The van der Waals surface area contributed by atoms with Crippen molar-refractivity contribution in [3.63, 3.8) is 0 Å². The second kappa shape index (κ2) is 10.2. The Bertz CT molecular complexity index is 976. The van der Waals surface area contributed by atoms with E-state index in [9.17, 15) is 22.8 Å². The van der Waals surface area contributed by atoms with Gasteiger partial charge >= 0.3 is 6.18 Å². The second-order valence-electron chi connectivity index (χ2n) is 8.63. The van der Waals surface area contributed by atoms with Crippen LogP contribution in [-0.2, 0) is 11.0 Å². The molecule has 0 aliphatic carbocycles. The first kappa shape index (κ1) is 24.5. The predicted octanol–water partition coefficient (Wildman–Crippen LogP) is 3.90. The van der Waals surface area contributed by atoms with Gasteiger partial charge in [-0.05, 0) is 43.5 Å². The molecule has 6 nitrogen and oxygen atoms in total. The molecule has 2 aromatic rings. The predicted molar refractivity (Wildman–Crippen MR) is 120 cm³/mol. The van der Waals surface area contributed by atoms with Gasteiger partial charge in [0.15, 0.2) is 0 Å². The first-order valence-corrected chi connectivity index (χ1v) is 11.0. The molecule has 1 unspecified atom stereocenters. The zero-order valence-corrected chi connectivity index (χ0v) is 19.0. The van der Waals surface area contributed by atoms with Crippen LogP contribution in [-0.4, -0.2) is 53.9 Å². The SMILES string of the molecule is Cc1cccc(C(=O)NC(C(=O)N2CCCN(c3ccc(C(F)(F)F)cn3)CC2)C(C)C)c1. The topological polar surface area (TPSA) is 65.5 Å². The number of alkyl halides is 3. The highest BCUT2D eigenvalue weighted by molar-refractivity contribution is 5.97. The Hall–Kier alpha value is -3.10. The van der Waals surface area contributed by atoms with Gasteiger partial charge in [-0.3, -0.25) is 9.59 Å². The Balaban J connectivity index is 1.66. The lowest BCUT2D eigenvalue weighted by Gasteiger charge is -2.29. The zero-order valence-electron chi connectivity index (χ0n) is 19.0. The molecule has 2 heterocycles. The van der Waals surface area contributed by atoms with Crippen molar-refractivity contribution < 1.29 is 22.8 Å². The molecule has 1 aliphatic heterocycles. The summed E-state index contributed by atoms with van der Waals surface area (Å²) < 4.78 is 38.4. The molecule has 0 spiro atoms. The molecular weight excluding hydrogens is 433 g/mol. The molecule has 1 N–H and O–H groups in total. The lowest BCUT2D eigenvalue weighted by atomic mass is 10.0. The number of hydrogen-bond donors (Lipinski definition) is 1. The lowest BCUT2D eigenvalue weighted by molar-refractivity contribution is -0.138. The number of hydrogen-bond acceptors (Lipinski definition) is 4. The Labute approximate surface area is 191 Å². The van der Waals surface area contributed by atoms with E-state index in [2.05, 4.69) is 10.3 Å². The van der Waals surface area contributed by atoms with E-state index in [1.54, 1.807) is 23.1 Å². The Morgan fingerprint density at radius 3 is 2.42 bits per heavy atom. The van der Waals surface area contributed by atoms with Gasteiger partial charge < -0.3 is 15.1 Å². The van der Waals surface area contributed by atoms with E-state index in [0.717, 1.165) is 17.8 Å². The number of halogens is 3. The molecule has 1 aromatic heterocycles. The second-order valence-corrected chi connectivity index (χ2v) is 8.63. The Morgan fingerprint density at radius 1 is 1.06 bits per heavy atom. The minimum Gasteiger partial charge on any atom is -0.355 e. The van der Waals surface area contributed by atoms with Crippen molar-refractivity contribution in [2.75, 3.05) is 31.1 Å². The molecule has 1 saturated heterocycles. The number of carbonyl (C=O) groups is 2. The van der Waals surface area contributed by atoms with Crippen molar-refractivity contribution in [2.24, 2.45) is 5.92 Å². The standard InChI is InChI=1S/C24H29F3N4O2/c1-16(2)21(29-22(32)18-7-4-6-17(3)14-18)23(33)31-11-5-10-30(12-13-31)20-9-8-19(15-28-20)24(25,26)27/h4,6-9,14-16,21H,5,10-13H2,1-3H3,(H,29,32). The molecule has 1 atom stereocenters. The van der Waals surface area contributed by atoms with Crippen molar-refractivity contribution >= 4 is 17.6 Å². The maximum atomic E-state index is 13.3. The zero-order chi connectivity index (χ0) is 24.2. The van der Waals surface area contributed by atoms with Crippen LogP contribution in [0.5, 0.6) is 0 Å². The van der Waals surface area contributed by atoms with Crippen molar-refractivity contribution in [3.8, 4) is 0 Å². The number of pyridine rings is 1. The number of carbonyl (C=O) groups excluding carboxylic acids is 2. The third-order valence-electron chi connectivity index (χ3n) is 5.71. The first-order valence-electron chi connectivity index (χ1n) is 11.0.